The fourth-order valence-corrected chi connectivity index (χ4v) is 3.39. The number of nitrogens with zero attached hydrogens (tertiary/aromatic N) is 3. The zero-order valence-corrected chi connectivity index (χ0v) is 15.4. The maximum absolute atomic E-state index is 13.3. The first kappa shape index (κ1) is 19.4. The van der Waals surface area contributed by atoms with Crippen LogP contribution in [0.5, 0.6) is 0 Å². The number of hydrogen-bond acceptors (Lipinski definition) is 3. The standard InChI is InChI=1S/C19H23F3N4O/c1-3-25(4-2)18(27)14-7-5-13(6-8-14)12-26-16-11-23-10-9-15(16)17(24-26)19(20,21)22/h5-8,23H,3-4,9-12H2,1-2H3. The van der Waals surface area contributed by atoms with Crippen LogP contribution in [-0.2, 0) is 25.7 Å². The normalized spacial score (nSPS) is 14.1. The fourth-order valence-electron chi connectivity index (χ4n) is 3.39. The van der Waals surface area contributed by atoms with Crippen molar-refractivity contribution in [3.63, 3.8) is 0 Å². The van der Waals surface area contributed by atoms with E-state index in [1.165, 1.54) is 4.68 Å². The third-order valence-electron chi connectivity index (χ3n) is 4.86. The SMILES string of the molecule is CCN(CC)C(=O)c1ccc(Cn2nc(C(F)(F)F)c3c2CNCC3)cc1. The minimum atomic E-state index is -4.45. The quantitative estimate of drug-likeness (QED) is 0.867. The third kappa shape index (κ3) is 4.00. The summed E-state index contributed by atoms with van der Waals surface area (Å²) in [5.74, 6) is -0.0495. The summed E-state index contributed by atoms with van der Waals surface area (Å²) in [6.45, 7) is 6.22. The molecule has 1 aliphatic heterocycles. The number of carbonyl (C=O) groups excluding carboxylic acids is 1. The molecule has 0 bridgehead atoms. The molecule has 0 saturated heterocycles. The summed E-state index contributed by atoms with van der Waals surface area (Å²) in [7, 11) is 0. The van der Waals surface area contributed by atoms with Crippen LogP contribution in [0.15, 0.2) is 24.3 Å². The Bertz CT molecular complexity index is 808. The molecule has 5 nitrogen and oxygen atoms in total. The molecule has 0 saturated carbocycles. The molecule has 0 unspecified atom stereocenters. The van der Waals surface area contributed by atoms with Crippen LogP contribution < -0.4 is 5.32 Å². The van der Waals surface area contributed by atoms with E-state index in [-0.39, 0.29) is 18.0 Å². The van der Waals surface area contributed by atoms with Gasteiger partial charge in [0, 0.05) is 30.8 Å². The smallest absolute Gasteiger partial charge is 0.339 e. The lowest BCUT2D eigenvalue weighted by Crippen LogP contribution is -2.30. The Morgan fingerprint density at radius 3 is 2.48 bits per heavy atom. The Hall–Kier alpha value is -2.35. The number of benzene rings is 1. The van der Waals surface area contributed by atoms with Crippen LogP contribution in [0.25, 0.3) is 0 Å². The first-order valence-corrected chi connectivity index (χ1v) is 9.09. The molecule has 3 rings (SSSR count). The molecular weight excluding hydrogens is 357 g/mol. The van der Waals surface area contributed by atoms with E-state index in [9.17, 15) is 18.0 Å². The molecule has 1 aromatic heterocycles. The molecule has 0 fully saturated rings. The number of aromatic nitrogens is 2. The number of nitrogens with one attached hydrogen (secondary N) is 1. The summed E-state index contributed by atoms with van der Waals surface area (Å²) in [5, 5.41) is 6.95. The van der Waals surface area contributed by atoms with Gasteiger partial charge in [-0.05, 0) is 44.5 Å². The van der Waals surface area contributed by atoms with Crippen LogP contribution in [0.2, 0.25) is 0 Å². The summed E-state index contributed by atoms with van der Waals surface area (Å²) in [5.41, 5.74) is 1.46. The molecule has 0 aliphatic carbocycles. The van der Waals surface area contributed by atoms with E-state index in [1.54, 1.807) is 29.2 Å². The van der Waals surface area contributed by atoms with Crippen LogP contribution in [0, 0.1) is 0 Å². The molecule has 2 aromatic rings. The summed E-state index contributed by atoms with van der Waals surface area (Å²) in [4.78, 5) is 14.1. The topological polar surface area (TPSA) is 50.2 Å². The van der Waals surface area contributed by atoms with Crippen molar-refractivity contribution >= 4 is 5.91 Å². The lowest BCUT2D eigenvalue weighted by Gasteiger charge is -2.19. The number of amides is 1. The van der Waals surface area contributed by atoms with E-state index in [2.05, 4.69) is 10.4 Å². The van der Waals surface area contributed by atoms with Crippen LogP contribution >= 0.6 is 0 Å². The number of rotatable bonds is 5. The van der Waals surface area contributed by atoms with Crippen molar-refractivity contribution in [2.45, 2.75) is 39.5 Å². The lowest BCUT2D eigenvalue weighted by atomic mass is 10.1. The predicted molar refractivity (Wildman–Crippen MR) is 95.4 cm³/mol. The second kappa shape index (κ2) is 7.72. The van der Waals surface area contributed by atoms with Gasteiger partial charge in [-0.25, -0.2) is 0 Å². The Kier molecular flexibility index (Phi) is 5.55. The second-order valence-electron chi connectivity index (χ2n) is 6.53. The van der Waals surface area contributed by atoms with Gasteiger partial charge in [0.2, 0.25) is 0 Å². The molecule has 2 heterocycles. The minimum Gasteiger partial charge on any atom is -0.339 e. The Morgan fingerprint density at radius 2 is 1.89 bits per heavy atom. The van der Waals surface area contributed by atoms with Crippen molar-refractivity contribution in [1.82, 2.24) is 20.0 Å². The number of carbonyl (C=O) groups is 1. The molecule has 8 heteroatoms. The Balaban J connectivity index is 1.84. The van der Waals surface area contributed by atoms with Gasteiger partial charge in [-0.1, -0.05) is 12.1 Å². The van der Waals surface area contributed by atoms with Gasteiger partial charge >= 0.3 is 6.18 Å². The zero-order chi connectivity index (χ0) is 19.6. The van der Waals surface area contributed by atoms with Gasteiger partial charge in [0.15, 0.2) is 5.69 Å². The Labute approximate surface area is 156 Å². The highest BCUT2D eigenvalue weighted by atomic mass is 19.4. The first-order valence-electron chi connectivity index (χ1n) is 9.09. The minimum absolute atomic E-state index is 0.0495. The van der Waals surface area contributed by atoms with Crippen LogP contribution in [0.1, 0.15) is 46.7 Å². The van der Waals surface area contributed by atoms with E-state index < -0.39 is 11.9 Å². The highest BCUT2D eigenvalue weighted by Crippen LogP contribution is 2.34. The maximum atomic E-state index is 13.3. The van der Waals surface area contributed by atoms with Crippen molar-refractivity contribution in [3.8, 4) is 0 Å². The third-order valence-corrected chi connectivity index (χ3v) is 4.86. The summed E-state index contributed by atoms with van der Waals surface area (Å²) in [6.07, 6.45) is -4.13. The predicted octanol–water partition coefficient (Wildman–Crippen LogP) is 3.08. The molecule has 0 spiro atoms. The van der Waals surface area contributed by atoms with E-state index in [4.69, 9.17) is 0 Å². The largest absolute Gasteiger partial charge is 0.435 e. The van der Waals surface area contributed by atoms with Crippen molar-refractivity contribution in [2.24, 2.45) is 0 Å². The molecule has 0 radical (unpaired) electrons. The summed E-state index contributed by atoms with van der Waals surface area (Å²) in [6, 6.07) is 6.98. The van der Waals surface area contributed by atoms with Crippen LogP contribution in [-0.4, -0.2) is 40.2 Å². The van der Waals surface area contributed by atoms with Gasteiger partial charge in [0.25, 0.3) is 5.91 Å². The van der Waals surface area contributed by atoms with Crippen molar-refractivity contribution in [1.29, 1.82) is 0 Å². The molecule has 27 heavy (non-hydrogen) atoms. The van der Waals surface area contributed by atoms with E-state index in [0.29, 0.717) is 43.9 Å². The fraction of sp³-hybridized carbons (Fsp3) is 0.474. The van der Waals surface area contributed by atoms with Gasteiger partial charge in [-0.3, -0.25) is 9.48 Å². The molecule has 1 aliphatic rings. The van der Waals surface area contributed by atoms with Gasteiger partial charge in [-0.2, -0.15) is 18.3 Å². The van der Waals surface area contributed by atoms with Crippen LogP contribution in [0.3, 0.4) is 0 Å². The molecular formula is C19H23F3N4O. The zero-order valence-electron chi connectivity index (χ0n) is 15.4. The van der Waals surface area contributed by atoms with Gasteiger partial charge in [-0.15, -0.1) is 0 Å². The van der Waals surface area contributed by atoms with Gasteiger partial charge in [0.05, 0.1) is 12.2 Å². The summed E-state index contributed by atoms with van der Waals surface area (Å²) < 4.78 is 41.2. The molecule has 0 atom stereocenters. The maximum Gasteiger partial charge on any atom is 0.435 e. The first-order chi connectivity index (χ1) is 12.8. The molecule has 1 N–H and O–H groups in total. The summed E-state index contributed by atoms with van der Waals surface area (Å²) >= 11 is 0. The second-order valence-corrected chi connectivity index (χ2v) is 6.53. The van der Waals surface area contributed by atoms with Crippen molar-refractivity contribution in [2.75, 3.05) is 19.6 Å². The number of fused-ring (bicyclic) bond motifs is 1. The highest BCUT2D eigenvalue weighted by Gasteiger charge is 2.39. The van der Waals surface area contributed by atoms with E-state index in [1.807, 2.05) is 13.8 Å². The monoisotopic (exact) mass is 380 g/mol. The van der Waals surface area contributed by atoms with Crippen LogP contribution in [0.4, 0.5) is 13.2 Å². The van der Waals surface area contributed by atoms with Gasteiger partial charge in [0.1, 0.15) is 0 Å². The molecule has 1 aromatic carbocycles. The van der Waals surface area contributed by atoms with Gasteiger partial charge < -0.3 is 10.2 Å². The van der Waals surface area contributed by atoms with Crippen molar-refractivity contribution < 1.29 is 18.0 Å². The Morgan fingerprint density at radius 1 is 1.22 bits per heavy atom. The molecule has 146 valence electrons. The number of halogens is 3. The highest BCUT2D eigenvalue weighted by molar-refractivity contribution is 5.94. The van der Waals surface area contributed by atoms with E-state index >= 15 is 0 Å². The average molecular weight is 380 g/mol. The average Bonchev–Trinajstić information content (AvgIpc) is 3.02. The van der Waals surface area contributed by atoms with Crippen molar-refractivity contribution in [3.05, 3.63) is 52.3 Å². The molecule has 1 amide bonds. The number of alkyl halides is 3. The van der Waals surface area contributed by atoms with E-state index in [0.717, 1.165) is 5.56 Å². The number of hydrogen-bond donors (Lipinski definition) is 1. The lowest BCUT2D eigenvalue weighted by molar-refractivity contribution is -0.142.